The lowest BCUT2D eigenvalue weighted by Crippen LogP contribution is -2.32. The lowest BCUT2D eigenvalue weighted by molar-refractivity contribution is 0.102. The Morgan fingerprint density at radius 1 is 1.02 bits per heavy atom. The summed E-state index contributed by atoms with van der Waals surface area (Å²) in [5.41, 5.74) is 12.0. The molecular formula is C33H45N7O4S. The van der Waals surface area contributed by atoms with E-state index in [9.17, 15) is 13.2 Å². The SMILES string of the molecule is CC/C(=C(C)\C(N)=C\N(N)c1cc(C(=O)Nc2cc(C(C)(C)C)cc(NS(C)(=O)=O)c2OC)ccc1C)N(N)c1ccccc1. The molecule has 3 aromatic rings. The van der Waals surface area contributed by atoms with E-state index in [2.05, 4.69) is 10.0 Å². The Morgan fingerprint density at radius 3 is 2.20 bits per heavy atom. The third kappa shape index (κ3) is 8.78. The molecule has 1 amide bonds. The maximum absolute atomic E-state index is 13.6. The molecule has 0 aromatic heterocycles. The van der Waals surface area contributed by atoms with Crippen molar-refractivity contribution in [2.75, 3.05) is 33.4 Å². The second-order valence-corrected chi connectivity index (χ2v) is 13.6. The molecule has 0 saturated carbocycles. The molecule has 3 aromatic carbocycles. The minimum absolute atomic E-state index is 0.184. The number of benzene rings is 3. The maximum Gasteiger partial charge on any atom is 0.255 e. The minimum atomic E-state index is -3.62. The van der Waals surface area contributed by atoms with Gasteiger partial charge in [0.1, 0.15) is 0 Å². The summed E-state index contributed by atoms with van der Waals surface area (Å²) in [7, 11) is -2.21. The Morgan fingerprint density at radius 2 is 1.64 bits per heavy atom. The van der Waals surface area contributed by atoms with Crippen LogP contribution in [-0.2, 0) is 15.4 Å². The Balaban J connectivity index is 1.97. The fourth-order valence-corrected chi connectivity index (χ4v) is 5.27. The topological polar surface area (TPSA) is 169 Å². The Kier molecular flexibility index (Phi) is 10.9. The lowest BCUT2D eigenvalue weighted by atomic mass is 9.86. The highest BCUT2D eigenvalue weighted by molar-refractivity contribution is 7.92. The molecule has 0 unspecified atom stereocenters. The summed E-state index contributed by atoms with van der Waals surface area (Å²) in [6.45, 7) is 11.7. The van der Waals surface area contributed by atoms with Crippen molar-refractivity contribution in [3.63, 3.8) is 0 Å². The number of nitrogens with two attached hydrogens (primary N) is 3. The molecule has 0 spiro atoms. The molecular weight excluding hydrogens is 590 g/mol. The number of hydrazine groups is 2. The second kappa shape index (κ2) is 14.1. The number of rotatable bonds is 11. The van der Waals surface area contributed by atoms with Gasteiger partial charge in [0.05, 0.1) is 41.8 Å². The van der Waals surface area contributed by atoms with Gasteiger partial charge < -0.3 is 15.8 Å². The Bertz CT molecular complexity index is 1710. The van der Waals surface area contributed by atoms with Crippen molar-refractivity contribution in [3.8, 4) is 5.75 Å². The van der Waals surface area contributed by atoms with Crippen molar-refractivity contribution in [2.24, 2.45) is 17.4 Å². The molecule has 45 heavy (non-hydrogen) atoms. The molecule has 0 radical (unpaired) electrons. The zero-order chi connectivity index (χ0) is 33.7. The minimum Gasteiger partial charge on any atom is -0.492 e. The van der Waals surface area contributed by atoms with Gasteiger partial charge in [-0.25, -0.2) is 20.1 Å². The van der Waals surface area contributed by atoms with Crippen molar-refractivity contribution in [1.29, 1.82) is 0 Å². The maximum atomic E-state index is 13.6. The van der Waals surface area contributed by atoms with Crippen LogP contribution in [0, 0.1) is 6.92 Å². The second-order valence-electron chi connectivity index (χ2n) is 11.8. The van der Waals surface area contributed by atoms with Crippen molar-refractivity contribution in [2.45, 2.75) is 53.4 Å². The van der Waals surface area contributed by atoms with Crippen LogP contribution in [0.4, 0.5) is 22.7 Å². The number of hydrogen-bond acceptors (Lipinski definition) is 9. The fourth-order valence-electron chi connectivity index (χ4n) is 4.72. The van der Waals surface area contributed by atoms with Gasteiger partial charge in [-0.3, -0.25) is 19.5 Å². The molecule has 0 aliphatic carbocycles. The molecule has 0 bridgehead atoms. The molecule has 0 aliphatic heterocycles. The van der Waals surface area contributed by atoms with Gasteiger partial charge in [0.25, 0.3) is 5.91 Å². The molecule has 0 fully saturated rings. The molecule has 0 heterocycles. The summed E-state index contributed by atoms with van der Waals surface area (Å²) in [6, 6.07) is 18.2. The van der Waals surface area contributed by atoms with E-state index in [4.69, 9.17) is 22.2 Å². The standard InChI is InChI=1S/C33H45N7O4S/c1-9-29(40(36)25-13-11-10-12-14-25)22(3)26(34)20-39(35)30-17-23(16-15-21(30)2)32(41)37-27-18-24(33(4,5)6)19-28(31(27)44-7)38-45(8,42)43/h10-20,38H,9,34-36H2,1-8H3,(H,37,41)/b26-20-,29-22+. The number of aryl methyl sites for hydroxylation is 1. The average Bonchev–Trinajstić information content (AvgIpc) is 2.96. The first kappa shape index (κ1) is 35.0. The van der Waals surface area contributed by atoms with Gasteiger partial charge in [-0.15, -0.1) is 0 Å². The van der Waals surface area contributed by atoms with E-state index in [0.717, 1.165) is 34.3 Å². The molecule has 8 N–H and O–H groups in total. The van der Waals surface area contributed by atoms with Crippen LogP contribution >= 0.6 is 0 Å². The highest BCUT2D eigenvalue weighted by Crippen LogP contribution is 2.39. The largest absolute Gasteiger partial charge is 0.492 e. The number of allylic oxidation sites excluding steroid dienone is 2. The van der Waals surface area contributed by atoms with E-state index in [1.165, 1.54) is 12.1 Å². The zero-order valence-electron chi connectivity index (χ0n) is 27.2. The average molecular weight is 636 g/mol. The van der Waals surface area contributed by atoms with E-state index in [1.807, 2.05) is 71.9 Å². The first-order valence-electron chi connectivity index (χ1n) is 14.4. The predicted octanol–water partition coefficient (Wildman–Crippen LogP) is 5.47. The van der Waals surface area contributed by atoms with Crippen LogP contribution in [0.3, 0.4) is 0 Å². The smallest absolute Gasteiger partial charge is 0.255 e. The number of methoxy groups -OCH3 is 1. The van der Waals surface area contributed by atoms with Crippen LogP contribution < -0.4 is 42.2 Å². The summed E-state index contributed by atoms with van der Waals surface area (Å²) < 4.78 is 32.2. The van der Waals surface area contributed by atoms with Crippen molar-refractivity contribution in [1.82, 2.24) is 0 Å². The number of nitrogens with one attached hydrogen (secondary N) is 2. The first-order valence-corrected chi connectivity index (χ1v) is 16.3. The monoisotopic (exact) mass is 635 g/mol. The number of para-hydroxylation sites is 1. The van der Waals surface area contributed by atoms with E-state index < -0.39 is 15.9 Å². The molecule has 0 aliphatic rings. The fraction of sp³-hybridized carbons (Fsp3) is 0.303. The van der Waals surface area contributed by atoms with Gasteiger partial charge in [-0.2, -0.15) is 0 Å². The van der Waals surface area contributed by atoms with Crippen LogP contribution in [0.5, 0.6) is 5.75 Å². The Labute approximate surface area is 266 Å². The number of amides is 1. The summed E-state index contributed by atoms with van der Waals surface area (Å²) >= 11 is 0. The molecule has 11 nitrogen and oxygen atoms in total. The normalized spacial score (nSPS) is 12.7. The van der Waals surface area contributed by atoms with E-state index in [0.29, 0.717) is 29.1 Å². The van der Waals surface area contributed by atoms with Gasteiger partial charge in [0.15, 0.2) is 5.75 Å². The third-order valence-corrected chi connectivity index (χ3v) is 7.85. The summed E-state index contributed by atoms with van der Waals surface area (Å²) in [6.07, 6.45) is 3.27. The molecule has 12 heteroatoms. The lowest BCUT2D eigenvalue weighted by Gasteiger charge is -2.25. The van der Waals surface area contributed by atoms with Crippen LogP contribution in [0.2, 0.25) is 0 Å². The van der Waals surface area contributed by atoms with Crippen molar-refractivity contribution >= 4 is 38.7 Å². The molecule has 0 saturated heterocycles. The van der Waals surface area contributed by atoms with E-state index in [1.54, 1.807) is 41.5 Å². The van der Waals surface area contributed by atoms with Crippen molar-refractivity contribution in [3.05, 3.63) is 101 Å². The summed E-state index contributed by atoms with van der Waals surface area (Å²) in [5, 5.41) is 5.86. The number of nitrogens with zero attached hydrogens (tertiary/aromatic N) is 2. The summed E-state index contributed by atoms with van der Waals surface area (Å²) in [4.78, 5) is 13.6. The van der Waals surface area contributed by atoms with Gasteiger partial charge in [-0.1, -0.05) is 52.0 Å². The predicted molar refractivity (Wildman–Crippen MR) is 184 cm³/mol. The molecule has 3 rings (SSSR count). The number of hydrogen-bond donors (Lipinski definition) is 5. The number of ether oxygens (including phenoxy) is 1. The van der Waals surface area contributed by atoms with Gasteiger partial charge in [-0.05, 0) is 78.8 Å². The van der Waals surface area contributed by atoms with Crippen LogP contribution in [0.25, 0.3) is 0 Å². The quantitative estimate of drug-likeness (QED) is 0.104. The first-order chi connectivity index (χ1) is 21.0. The van der Waals surface area contributed by atoms with Crippen LogP contribution in [-0.4, -0.2) is 27.7 Å². The number of sulfonamides is 1. The number of anilines is 4. The van der Waals surface area contributed by atoms with Crippen LogP contribution in [0.1, 0.15) is 62.5 Å². The molecule has 0 atom stereocenters. The number of carbonyl (C=O) groups is 1. The third-order valence-electron chi connectivity index (χ3n) is 7.26. The summed E-state index contributed by atoms with van der Waals surface area (Å²) in [5.74, 6) is 12.6. The Hall–Kier alpha value is -4.52. The van der Waals surface area contributed by atoms with Gasteiger partial charge >= 0.3 is 0 Å². The number of carbonyl (C=O) groups excluding carboxylic acids is 1. The highest BCUT2D eigenvalue weighted by atomic mass is 32.2. The highest BCUT2D eigenvalue weighted by Gasteiger charge is 2.23. The van der Waals surface area contributed by atoms with E-state index >= 15 is 0 Å². The molecule has 242 valence electrons. The van der Waals surface area contributed by atoms with Crippen molar-refractivity contribution < 1.29 is 17.9 Å². The van der Waals surface area contributed by atoms with Gasteiger partial charge in [0.2, 0.25) is 10.0 Å². The van der Waals surface area contributed by atoms with E-state index in [-0.39, 0.29) is 16.9 Å². The zero-order valence-corrected chi connectivity index (χ0v) is 28.0. The van der Waals surface area contributed by atoms with Crippen LogP contribution in [0.15, 0.2) is 83.8 Å². The van der Waals surface area contributed by atoms with Gasteiger partial charge in [0, 0.05) is 17.5 Å².